The third-order valence-corrected chi connectivity index (χ3v) is 12.6. The van der Waals surface area contributed by atoms with Gasteiger partial charge in [-0.15, -0.1) is 0 Å². The predicted octanol–water partition coefficient (Wildman–Crippen LogP) is 3.65. The number of rotatable bonds is 1. The third-order valence-electron chi connectivity index (χ3n) is 12.6. The molecule has 0 aliphatic heterocycles. The second-order valence-electron chi connectivity index (χ2n) is 14.9. The maximum Gasteiger partial charge on any atom is 0.159 e. The van der Waals surface area contributed by atoms with Gasteiger partial charge in [-0.25, -0.2) is 0 Å². The van der Waals surface area contributed by atoms with E-state index < -0.39 is 45.2 Å². The van der Waals surface area contributed by atoms with Crippen molar-refractivity contribution in [1.82, 2.24) is 0 Å². The van der Waals surface area contributed by atoms with Crippen LogP contribution in [0.4, 0.5) is 0 Å². The van der Waals surface area contributed by atoms with Crippen molar-refractivity contribution in [3.05, 3.63) is 11.6 Å². The van der Waals surface area contributed by atoms with Gasteiger partial charge < -0.3 is 15.3 Å². The molecule has 6 heteroatoms. The molecular weight excluding hydrogens is 456 g/mol. The maximum atomic E-state index is 14.2. The maximum absolute atomic E-state index is 14.2. The van der Waals surface area contributed by atoms with Gasteiger partial charge >= 0.3 is 0 Å². The average Bonchev–Trinajstić information content (AvgIpc) is 2.77. The number of aliphatic hydroxyl groups is 3. The molecule has 3 N–H and O–H groups in total. The molecule has 0 spiro atoms. The van der Waals surface area contributed by atoms with E-state index in [1.807, 2.05) is 20.8 Å². The molecule has 5 aliphatic carbocycles. The van der Waals surface area contributed by atoms with Gasteiger partial charge in [0.1, 0.15) is 11.6 Å². The predicted molar refractivity (Wildman–Crippen MR) is 135 cm³/mol. The summed E-state index contributed by atoms with van der Waals surface area (Å²) in [5.41, 5.74) is -3.60. The molecule has 0 aromatic heterocycles. The van der Waals surface area contributed by atoms with Crippen LogP contribution in [0.25, 0.3) is 0 Å². The fourth-order valence-electron chi connectivity index (χ4n) is 10.2. The highest BCUT2D eigenvalue weighted by molar-refractivity contribution is 5.97. The topological polar surface area (TPSA) is 112 Å². The first-order chi connectivity index (χ1) is 16.4. The zero-order chi connectivity index (χ0) is 26.9. The number of hydrogen-bond donors (Lipinski definition) is 3. The lowest BCUT2D eigenvalue weighted by Gasteiger charge is -2.71. The fourth-order valence-corrected chi connectivity index (χ4v) is 10.2. The van der Waals surface area contributed by atoms with E-state index in [1.165, 1.54) is 0 Å². The first-order valence-corrected chi connectivity index (χ1v) is 13.7. The molecule has 5 aliphatic rings. The molecule has 0 heterocycles. The largest absolute Gasteiger partial charge is 0.395 e. The number of Topliss-reactive ketones (excluding diaryl/α,β-unsaturated/α-hetero) is 2. The number of ketones is 3. The van der Waals surface area contributed by atoms with Gasteiger partial charge in [0.05, 0.1) is 24.2 Å². The number of aliphatic hydroxyl groups excluding tert-OH is 3. The lowest BCUT2D eigenvalue weighted by Crippen LogP contribution is -2.73. The van der Waals surface area contributed by atoms with Crippen LogP contribution in [0.5, 0.6) is 0 Å². The molecule has 4 fully saturated rings. The SMILES string of the molecule is CC1(C)CC(=O)C2(C)CC(O)C3(C)C(=CC(=O)C4C5(C)CCC(=O)C(C)(CO)C5CC(O)C43C)C2C1. The van der Waals surface area contributed by atoms with Gasteiger partial charge in [0.2, 0.25) is 0 Å². The van der Waals surface area contributed by atoms with Crippen LogP contribution in [-0.2, 0) is 14.4 Å². The average molecular weight is 501 g/mol. The van der Waals surface area contributed by atoms with Crippen molar-refractivity contribution >= 4 is 17.3 Å². The van der Waals surface area contributed by atoms with Crippen molar-refractivity contribution in [2.75, 3.05) is 6.61 Å². The van der Waals surface area contributed by atoms with Gasteiger partial charge in [-0.1, -0.05) is 54.0 Å². The number of carbonyl (C=O) groups is 3. The summed E-state index contributed by atoms with van der Waals surface area (Å²) in [4.78, 5) is 40.7. The molecule has 10 unspecified atom stereocenters. The Balaban J connectivity index is 1.72. The molecule has 4 saturated carbocycles. The normalized spacial score (nSPS) is 54.1. The van der Waals surface area contributed by atoms with Gasteiger partial charge in [0, 0.05) is 35.0 Å². The van der Waals surface area contributed by atoms with Crippen LogP contribution >= 0.6 is 0 Å². The number of hydrogen-bond acceptors (Lipinski definition) is 6. The van der Waals surface area contributed by atoms with Gasteiger partial charge in [0.25, 0.3) is 0 Å². The second-order valence-corrected chi connectivity index (χ2v) is 14.9. The van der Waals surface area contributed by atoms with Crippen molar-refractivity contribution in [2.24, 2.45) is 50.2 Å². The Bertz CT molecular complexity index is 1080. The van der Waals surface area contributed by atoms with E-state index in [2.05, 4.69) is 20.8 Å². The van der Waals surface area contributed by atoms with Crippen LogP contribution in [-0.4, -0.2) is 51.5 Å². The Hall–Kier alpha value is -1.37. The van der Waals surface area contributed by atoms with E-state index in [1.54, 1.807) is 13.0 Å². The molecule has 0 aromatic rings. The van der Waals surface area contributed by atoms with E-state index in [4.69, 9.17) is 0 Å². The van der Waals surface area contributed by atoms with Crippen molar-refractivity contribution in [2.45, 2.75) is 99.2 Å². The smallest absolute Gasteiger partial charge is 0.159 e. The summed E-state index contributed by atoms with van der Waals surface area (Å²) in [6, 6.07) is 0. The van der Waals surface area contributed by atoms with Gasteiger partial charge in [-0.3, -0.25) is 14.4 Å². The summed E-state index contributed by atoms with van der Waals surface area (Å²) in [5.74, 6) is -1.04. The molecule has 10 atom stereocenters. The molecule has 0 radical (unpaired) electrons. The highest BCUT2D eigenvalue weighted by Crippen LogP contribution is 2.74. The highest BCUT2D eigenvalue weighted by atomic mass is 16.3. The molecule has 0 saturated heterocycles. The second kappa shape index (κ2) is 7.39. The van der Waals surface area contributed by atoms with Crippen LogP contribution in [0.3, 0.4) is 0 Å². The molecular formula is C30H44O6. The Morgan fingerprint density at radius 1 is 0.917 bits per heavy atom. The Morgan fingerprint density at radius 2 is 1.56 bits per heavy atom. The fraction of sp³-hybridized carbons (Fsp3) is 0.833. The Labute approximate surface area is 214 Å². The molecule has 200 valence electrons. The highest BCUT2D eigenvalue weighted by Gasteiger charge is 2.75. The first-order valence-electron chi connectivity index (χ1n) is 13.7. The van der Waals surface area contributed by atoms with Crippen LogP contribution in [0.2, 0.25) is 0 Å². The minimum atomic E-state index is -1.01. The quantitative estimate of drug-likeness (QED) is 0.507. The van der Waals surface area contributed by atoms with Gasteiger partial charge in [-0.2, -0.15) is 0 Å². The summed E-state index contributed by atoms with van der Waals surface area (Å²) in [7, 11) is 0. The van der Waals surface area contributed by atoms with Crippen LogP contribution in [0, 0.1) is 50.2 Å². The monoisotopic (exact) mass is 500 g/mol. The Kier molecular flexibility index (Phi) is 5.38. The summed E-state index contributed by atoms with van der Waals surface area (Å²) in [6.07, 6.45) is 2.52. The summed E-state index contributed by atoms with van der Waals surface area (Å²) in [5, 5.41) is 34.1. The van der Waals surface area contributed by atoms with Crippen LogP contribution < -0.4 is 0 Å². The molecule has 6 nitrogen and oxygen atoms in total. The summed E-state index contributed by atoms with van der Waals surface area (Å²) >= 11 is 0. The molecule has 0 aromatic carbocycles. The van der Waals surface area contributed by atoms with Gasteiger partial charge in [-0.05, 0) is 54.4 Å². The van der Waals surface area contributed by atoms with Crippen LogP contribution in [0.1, 0.15) is 87.0 Å². The van der Waals surface area contributed by atoms with E-state index >= 15 is 0 Å². The van der Waals surface area contributed by atoms with Crippen molar-refractivity contribution in [1.29, 1.82) is 0 Å². The number of carbonyl (C=O) groups excluding carboxylic acids is 3. The standard InChI is InChI=1S/C30H44O6/c1-25(2)12-17-16-10-18(32)24-26(3)9-8-20(33)28(5,15-31)19(26)11-21(34)30(24,7)29(16,6)23(36)14-27(17,4)22(35)13-25/h10,17,19,21,23-24,31,34,36H,8-9,11-15H2,1-7H3. The van der Waals surface area contributed by atoms with E-state index in [0.717, 1.165) is 12.0 Å². The van der Waals surface area contributed by atoms with Crippen molar-refractivity contribution < 1.29 is 29.7 Å². The minimum absolute atomic E-state index is 0.00889. The first kappa shape index (κ1) is 26.2. The van der Waals surface area contributed by atoms with E-state index in [-0.39, 0.29) is 41.2 Å². The molecule has 36 heavy (non-hydrogen) atoms. The number of allylic oxidation sites excluding steroid dienone is 1. The molecule has 5 rings (SSSR count). The van der Waals surface area contributed by atoms with Gasteiger partial charge in [0.15, 0.2) is 5.78 Å². The summed E-state index contributed by atoms with van der Waals surface area (Å²) < 4.78 is 0. The lowest BCUT2D eigenvalue weighted by atomic mass is 9.32. The van der Waals surface area contributed by atoms with E-state index in [0.29, 0.717) is 32.1 Å². The summed E-state index contributed by atoms with van der Waals surface area (Å²) in [6.45, 7) is 13.6. The number of fused-ring (bicyclic) bond motifs is 7. The minimum Gasteiger partial charge on any atom is -0.395 e. The lowest BCUT2D eigenvalue weighted by molar-refractivity contribution is -0.243. The molecule has 0 amide bonds. The third kappa shape index (κ3) is 2.82. The van der Waals surface area contributed by atoms with Crippen molar-refractivity contribution in [3.63, 3.8) is 0 Å². The van der Waals surface area contributed by atoms with Crippen molar-refractivity contribution in [3.8, 4) is 0 Å². The van der Waals surface area contributed by atoms with Crippen LogP contribution in [0.15, 0.2) is 11.6 Å². The van der Waals surface area contributed by atoms with E-state index in [9.17, 15) is 29.7 Å². The Morgan fingerprint density at radius 3 is 2.17 bits per heavy atom. The zero-order valence-corrected chi connectivity index (χ0v) is 23.0. The zero-order valence-electron chi connectivity index (χ0n) is 23.0. The molecule has 0 bridgehead atoms.